The lowest BCUT2D eigenvalue weighted by molar-refractivity contribution is -0.140. The van der Waals surface area contributed by atoms with Crippen molar-refractivity contribution in [1.29, 1.82) is 0 Å². The molecule has 9 nitrogen and oxygen atoms in total. The number of halogens is 2. The minimum atomic E-state index is -0.877. The Labute approximate surface area is 236 Å². The molecule has 0 radical (unpaired) electrons. The number of nitrogens with one attached hydrogen (secondary N) is 2. The number of hydrogen-bond acceptors (Lipinski definition) is 6. The van der Waals surface area contributed by atoms with Gasteiger partial charge < -0.3 is 20.1 Å². The largest absolute Gasteiger partial charge is 0.492 e. The van der Waals surface area contributed by atoms with Crippen molar-refractivity contribution in [2.24, 2.45) is 5.92 Å². The van der Waals surface area contributed by atoms with Crippen molar-refractivity contribution in [3.63, 3.8) is 0 Å². The van der Waals surface area contributed by atoms with Crippen molar-refractivity contribution in [2.45, 2.75) is 46.1 Å². The van der Waals surface area contributed by atoms with Gasteiger partial charge in [-0.25, -0.2) is 9.67 Å². The third-order valence-corrected chi connectivity index (χ3v) is 6.88. The maximum Gasteiger partial charge on any atom is 0.320 e. The molecular weight excluding hydrogens is 541 g/mol. The SMILES string of the molecule is CC(C)c1nn(-c2c(Cl)cccc2Cl)c2nc(Cc3ccc(OCCN[C@H](C(=O)O)C(C)C)cc3)[nH]c(=O)c12. The number of H-pyrrole nitrogens is 1. The van der Waals surface area contributed by atoms with E-state index in [0.717, 1.165) is 5.56 Å². The molecule has 39 heavy (non-hydrogen) atoms. The van der Waals surface area contributed by atoms with Crippen LogP contribution in [0, 0.1) is 5.92 Å². The van der Waals surface area contributed by atoms with E-state index in [1.807, 2.05) is 52.0 Å². The summed E-state index contributed by atoms with van der Waals surface area (Å²) in [5.41, 5.74) is 2.11. The van der Waals surface area contributed by atoms with Gasteiger partial charge in [-0.2, -0.15) is 5.10 Å². The number of hydrogen-bond donors (Lipinski definition) is 3. The molecule has 2 aromatic carbocycles. The number of carbonyl (C=O) groups is 1. The van der Waals surface area contributed by atoms with Crippen molar-refractivity contribution in [3.05, 3.63) is 79.9 Å². The molecule has 4 rings (SSSR count). The van der Waals surface area contributed by atoms with Gasteiger partial charge in [0.25, 0.3) is 5.56 Å². The highest BCUT2D eigenvalue weighted by atomic mass is 35.5. The molecule has 0 aliphatic heterocycles. The van der Waals surface area contributed by atoms with Gasteiger partial charge in [-0.15, -0.1) is 0 Å². The predicted octanol–water partition coefficient (Wildman–Crippen LogP) is 5.21. The second-order valence-electron chi connectivity index (χ2n) is 9.92. The topological polar surface area (TPSA) is 122 Å². The highest BCUT2D eigenvalue weighted by molar-refractivity contribution is 6.37. The smallest absolute Gasteiger partial charge is 0.320 e. The Balaban J connectivity index is 1.54. The number of rotatable bonds is 11. The summed E-state index contributed by atoms with van der Waals surface area (Å²) in [6.07, 6.45) is 0.375. The first-order valence-electron chi connectivity index (χ1n) is 12.7. The number of fused-ring (bicyclic) bond motifs is 1. The maximum atomic E-state index is 13.2. The number of aromatic amines is 1. The lowest BCUT2D eigenvalue weighted by atomic mass is 10.1. The Morgan fingerprint density at radius 3 is 2.36 bits per heavy atom. The van der Waals surface area contributed by atoms with Crippen molar-refractivity contribution in [2.75, 3.05) is 13.2 Å². The molecule has 0 aliphatic rings. The summed E-state index contributed by atoms with van der Waals surface area (Å²) in [5.74, 6) is 0.197. The van der Waals surface area contributed by atoms with Gasteiger partial charge in [0, 0.05) is 13.0 Å². The van der Waals surface area contributed by atoms with E-state index in [9.17, 15) is 14.7 Å². The van der Waals surface area contributed by atoms with E-state index in [0.29, 0.717) is 63.6 Å². The first-order valence-corrected chi connectivity index (χ1v) is 13.5. The van der Waals surface area contributed by atoms with Gasteiger partial charge in [-0.3, -0.25) is 9.59 Å². The monoisotopic (exact) mass is 571 g/mol. The summed E-state index contributed by atoms with van der Waals surface area (Å²) < 4.78 is 7.29. The third-order valence-electron chi connectivity index (χ3n) is 6.27. The molecule has 0 amide bonds. The van der Waals surface area contributed by atoms with Crippen LogP contribution in [0.2, 0.25) is 10.0 Å². The highest BCUT2D eigenvalue weighted by Gasteiger charge is 2.23. The first kappa shape index (κ1) is 28.6. The Morgan fingerprint density at radius 2 is 1.77 bits per heavy atom. The van der Waals surface area contributed by atoms with Gasteiger partial charge in [-0.05, 0) is 41.7 Å². The van der Waals surface area contributed by atoms with Gasteiger partial charge in [0.15, 0.2) is 5.65 Å². The molecule has 0 aliphatic carbocycles. The quantitative estimate of drug-likeness (QED) is 0.211. The highest BCUT2D eigenvalue weighted by Crippen LogP contribution is 2.32. The maximum absolute atomic E-state index is 13.2. The number of para-hydroxylation sites is 1. The van der Waals surface area contributed by atoms with Gasteiger partial charge in [0.1, 0.15) is 35.3 Å². The molecular formula is C28H31Cl2N5O4. The molecule has 2 aromatic heterocycles. The molecule has 11 heteroatoms. The molecule has 0 bridgehead atoms. The zero-order chi connectivity index (χ0) is 28.3. The average Bonchev–Trinajstić information content (AvgIpc) is 3.24. The van der Waals surface area contributed by atoms with Crippen LogP contribution in [0.1, 0.15) is 50.7 Å². The van der Waals surface area contributed by atoms with Crippen LogP contribution in [0.5, 0.6) is 5.75 Å². The molecule has 0 saturated heterocycles. The minimum Gasteiger partial charge on any atom is -0.492 e. The van der Waals surface area contributed by atoms with E-state index in [4.69, 9.17) is 32.9 Å². The molecule has 206 valence electrons. The van der Waals surface area contributed by atoms with Gasteiger partial charge in [0.05, 0.1) is 15.7 Å². The minimum absolute atomic E-state index is 0.0214. The van der Waals surface area contributed by atoms with E-state index >= 15 is 0 Å². The number of nitrogens with zero attached hydrogens (tertiary/aromatic N) is 3. The molecule has 0 unspecified atom stereocenters. The van der Waals surface area contributed by atoms with Crippen LogP contribution in [-0.4, -0.2) is 50.0 Å². The fourth-order valence-electron chi connectivity index (χ4n) is 4.32. The summed E-state index contributed by atoms with van der Waals surface area (Å²) in [5, 5.41) is 18.1. The number of aliphatic carboxylic acids is 1. The van der Waals surface area contributed by atoms with Crippen molar-refractivity contribution < 1.29 is 14.6 Å². The lowest BCUT2D eigenvalue weighted by Crippen LogP contribution is -2.42. The Kier molecular flexibility index (Phi) is 8.94. The van der Waals surface area contributed by atoms with E-state index in [2.05, 4.69) is 15.4 Å². The van der Waals surface area contributed by atoms with E-state index < -0.39 is 12.0 Å². The number of ether oxygens (including phenoxy) is 1. The summed E-state index contributed by atoms with van der Waals surface area (Å²) in [6, 6.07) is 12.0. The molecule has 0 spiro atoms. The predicted molar refractivity (Wildman–Crippen MR) is 153 cm³/mol. The summed E-state index contributed by atoms with van der Waals surface area (Å²) in [4.78, 5) is 32.1. The van der Waals surface area contributed by atoms with Crippen LogP contribution < -0.4 is 15.6 Å². The van der Waals surface area contributed by atoms with Crippen molar-refractivity contribution in [1.82, 2.24) is 25.1 Å². The van der Waals surface area contributed by atoms with Crippen LogP contribution >= 0.6 is 23.2 Å². The second-order valence-corrected chi connectivity index (χ2v) is 10.7. The fraction of sp³-hybridized carbons (Fsp3) is 0.357. The van der Waals surface area contributed by atoms with Crippen LogP contribution in [-0.2, 0) is 11.2 Å². The van der Waals surface area contributed by atoms with Crippen molar-refractivity contribution in [3.8, 4) is 11.4 Å². The van der Waals surface area contributed by atoms with E-state index in [1.165, 1.54) is 0 Å². The van der Waals surface area contributed by atoms with Gasteiger partial charge in [0.2, 0.25) is 0 Å². The van der Waals surface area contributed by atoms with Crippen LogP contribution in [0.15, 0.2) is 47.3 Å². The first-order chi connectivity index (χ1) is 18.6. The number of benzene rings is 2. The molecule has 1 atom stereocenters. The number of aromatic nitrogens is 4. The summed E-state index contributed by atoms with van der Waals surface area (Å²) in [7, 11) is 0. The Bertz CT molecular complexity index is 1510. The molecule has 0 saturated carbocycles. The molecule has 2 heterocycles. The number of carboxylic acids is 1. The van der Waals surface area contributed by atoms with E-state index in [1.54, 1.807) is 22.9 Å². The fourth-order valence-corrected chi connectivity index (χ4v) is 4.88. The van der Waals surface area contributed by atoms with Gasteiger partial charge in [-0.1, -0.05) is 69.1 Å². The normalized spacial score (nSPS) is 12.4. The standard InChI is InChI=1S/C28H31Cl2N5O4/c1-15(2)23-22-26(35(34-23)25-19(29)6-5-7-20(25)30)32-21(33-27(22)36)14-17-8-10-18(11-9-17)39-13-12-31-24(16(3)4)28(37)38/h5-11,15-16,24,31H,12-14H2,1-4H3,(H,37,38)(H,32,33,36)/t24-/m0/s1. The summed E-state index contributed by atoms with van der Waals surface area (Å²) >= 11 is 12.9. The second kappa shape index (κ2) is 12.2. The van der Waals surface area contributed by atoms with Crippen LogP contribution in [0.25, 0.3) is 16.7 Å². The zero-order valence-corrected chi connectivity index (χ0v) is 23.7. The summed E-state index contributed by atoms with van der Waals surface area (Å²) in [6.45, 7) is 8.37. The lowest BCUT2D eigenvalue weighted by Gasteiger charge is -2.18. The van der Waals surface area contributed by atoms with Crippen LogP contribution in [0.4, 0.5) is 0 Å². The van der Waals surface area contributed by atoms with Crippen molar-refractivity contribution >= 4 is 40.2 Å². The zero-order valence-electron chi connectivity index (χ0n) is 22.2. The molecule has 3 N–H and O–H groups in total. The molecule has 0 fully saturated rings. The Morgan fingerprint density at radius 1 is 1.10 bits per heavy atom. The number of carboxylic acid groups (broad SMARTS) is 1. The third kappa shape index (κ3) is 6.43. The van der Waals surface area contributed by atoms with Crippen LogP contribution in [0.3, 0.4) is 0 Å². The van der Waals surface area contributed by atoms with Gasteiger partial charge >= 0.3 is 5.97 Å². The average molecular weight is 572 g/mol. The van der Waals surface area contributed by atoms with E-state index in [-0.39, 0.29) is 17.4 Å². The molecule has 4 aromatic rings. The Hall–Kier alpha value is -3.40.